The first-order valence-electron chi connectivity index (χ1n) is 6.69. The number of halogens is 1. The van der Waals surface area contributed by atoms with E-state index in [2.05, 4.69) is 15.9 Å². The lowest BCUT2D eigenvalue weighted by Crippen LogP contribution is -2.23. The van der Waals surface area contributed by atoms with Crippen molar-refractivity contribution in [3.8, 4) is 0 Å². The number of ketones is 1. The van der Waals surface area contributed by atoms with E-state index in [4.69, 9.17) is 4.74 Å². The van der Waals surface area contributed by atoms with Gasteiger partial charge in [-0.2, -0.15) is 0 Å². The topological polar surface area (TPSA) is 43.4 Å². The largest absolute Gasteiger partial charge is 0.460 e. The first-order valence-corrected chi connectivity index (χ1v) is 7.48. The molecule has 1 aliphatic rings. The van der Waals surface area contributed by atoms with Crippen molar-refractivity contribution in [2.45, 2.75) is 13.0 Å². The summed E-state index contributed by atoms with van der Waals surface area (Å²) in [6.07, 6.45) is 0.418. The highest BCUT2D eigenvalue weighted by molar-refractivity contribution is 9.10. The maximum atomic E-state index is 12.3. The smallest absolute Gasteiger partial charge is 0.317 e. The fraction of sp³-hybridized carbons (Fsp3) is 0.176. The lowest BCUT2D eigenvalue weighted by Gasteiger charge is -2.09. The highest BCUT2D eigenvalue weighted by Crippen LogP contribution is 2.33. The molecule has 0 saturated heterocycles. The van der Waals surface area contributed by atoms with Crippen LogP contribution < -0.4 is 0 Å². The number of hydrogen-bond acceptors (Lipinski definition) is 3. The molecule has 0 heterocycles. The second kappa shape index (κ2) is 5.82. The van der Waals surface area contributed by atoms with Crippen LogP contribution in [0.3, 0.4) is 0 Å². The molecule has 0 amide bonds. The van der Waals surface area contributed by atoms with Crippen LogP contribution in [0.4, 0.5) is 0 Å². The van der Waals surface area contributed by atoms with Crippen LogP contribution in [0.1, 0.15) is 21.5 Å². The summed E-state index contributed by atoms with van der Waals surface area (Å²) < 4.78 is 6.02. The van der Waals surface area contributed by atoms with Gasteiger partial charge in [0.05, 0.1) is 0 Å². The SMILES string of the molecule is O=C(OCc1ccccc1)C1Cc2cccc(Br)c2C1=O. The molecule has 0 aromatic heterocycles. The molecule has 0 fully saturated rings. The molecular formula is C17H13BrO3. The number of esters is 1. The molecule has 3 rings (SSSR count). The van der Waals surface area contributed by atoms with E-state index in [0.717, 1.165) is 15.6 Å². The van der Waals surface area contributed by atoms with Gasteiger partial charge in [0, 0.05) is 10.0 Å². The summed E-state index contributed by atoms with van der Waals surface area (Å²) in [4.78, 5) is 24.5. The van der Waals surface area contributed by atoms with Gasteiger partial charge < -0.3 is 4.74 Å². The fourth-order valence-corrected chi connectivity index (χ4v) is 3.12. The standard InChI is InChI=1S/C17H13BrO3/c18-14-8-4-7-12-9-13(16(19)15(12)14)17(20)21-10-11-5-2-1-3-6-11/h1-8,13H,9-10H2. The zero-order chi connectivity index (χ0) is 14.8. The van der Waals surface area contributed by atoms with Gasteiger partial charge in [-0.3, -0.25) is 9.59 Å². The molecule has 3 nitrogen and oxygen atoms in total. The Labute approximate surface area is 131 Å². The van der Waals surface area contributed by atoms with Gasteiger partial charge in [0.2, 0.25) is 0 Å². The molecule has 0 spiro atoms. The first kappa shape index (κ1) is 14.0. The predicted octanol–water partition coefficient (Wildman–Crippen LogP) is 3.55. The Bertz CT molecular complexity index is 694. The normalized spacial score (nSPS) is 16.6. The summed E-state index contributed by atoms with van der Waals surface area (Å²) in [6.45, 7) is 0.195. The van der Waals surface area contributed by atoms with Crippen LogP contribution in [0.5, 0.6) is 0 Å². The number of carbonyl (C=O) groups excluding carboxylic acids is 2. The van der Waals surface area contributed by atoms with Gasteiger partial charge in [0.25, 0.3) is 0 Å². The second-order valence-corrected chi connectivity index (χ2v) is 5.84. The molecule has 1 aliphatic carbocycles. The Hall–Kier alpha value is -1.94. The van der Waals surface area contributed by atoms with E-state index in [1.165, 1.54) is 0 Å². The van der Waals surface area contributed by atoms with Crippen molar-refractivity contribution < 1.29 is 14.3 Å². The van der Waals surface area contributed by atoms with E-state index in [-0.39, 0.29) is 12.4 Å². The second-order valence-electron chi connectivity index (χ2n) is 4.99. The highest BCUT2D eigenvalue weighted by atomic mass is 79.9. The van der Waals surface area contributed by atoms with E-state index in [0.29, 0.717) is 12.0 Å². The molecular weight excluding hydrogens is 332 g/mol. The molecule has 0 saturated carbocycles. The molecule has 4 heteroatoms. The van der Waals surface area contributed by atoms with Gasteiger partial charge in [-0.25, -0.2) is 0 Å². The predicted molar refractivity (Wildman–Crippen MR) is 81.9 cm³/mol. The number of ether oxygens (including phenoxy) is 1. The molecule has 21 heavy (non-hydrogen) atoms. The Morgan fingerprint density at radius 2 is 1.90 bits per heavy atom. The summed E-state index contributed by atoms with van der Waals surface area (Å²) in [5.41, 5.74) is 2.42. The molecule has 1 unspecified atom stereocenters. The van der Waals surface area contributed by atoms with Gasteiger partial charge in [-0.1, -0.05) is 58.4 Å². The van der Waals surface area contributed by atoms with Crippen molar-refractivity contribution in [1.29, 1.82) is 0 Å². The van der Waals surface area contributed by atoms with Gasteiger partial charge in [-0.15, -0.1) is 0 Å². The third-order valence-corrected chi connectivity index (χ3v) is 4.26. The van der Waals surface area contributed by atoms with E-state index in [1.54, 1.807) is 0 Å². The summed E-state index contributed by atoms with van der Waals surface area (Å²) >= 11 is 3.37. The maximum Gasteiger partial charge on any atom is 0.317 e. The number of fused-ring (bicyclic) bond motifs is 1. The van der Waals surface area contributed by atoms with Crippen molar-refractivity contribution in [2.75, 3.05) is 0 Å². The summed E-state index contributed by atoms with van der Waals surface area (Å²) in [5.74, 6) is -1.33. The van der Waals surface area contributed by atoms with Crippen molar-refractivity contribution in [3.63, 3.8) is 0 Å². The average Bonchev–Trinajstić information content (AvgIpc) is 2.84. The molecule has 106 valence electrons. The number of Topliss-reactive ketones (excluding diaryl/α,β-unsaturated/α-hetero) is 1. The third kappa shape index (κ3) is 2.76. The Morgan fingerprint density at radius 3 is 2.62 bits per heavy atom. The average molecular weight is 345 g/mol. The fourth-order valence-electron chi connectivity index (χ4n) is 2.52. The van der Waals surface area contributed by atoms with Crippen LogP contribution in [0.2, 0.25) is 0 Å². The van der Waals surface area contributed by atoms with E-state index >= 15 is 0 Å². The number of hydrogen-bond donors (Lipinski definition) is 0. The first-order chi connectivity index (χ1) is 10.2. The van der Waals surface area contributed by atoms with E-state index < -0.39 is 11.9 Å². The summed E-state index contributed by atoms with van der Waals surface area (Å²) in [6, 6.07) is 15.0. The molecule has 0 aliphatic heterocycles. The van der Waals surface area contributed by atoms with E-state index in [1.807, 2.05) is 48.5 Å². The number of carbonyl (C=O) groups is 2. The molecule has 0 bridgehead atoms. The highest BCUT2D eigenvalue weighted by Gasteiger charge is 2.38. The maximum absolute atomic E-state index is 12.3. The van der Waals surface area contributed by atoms with Crippen LogP contribution in [0, 0.1) is 5.92 Å². The van der Waals surface area contributed by atoms with Crippen molar-refractivity contribution >= 4 is 27.7 Å². The minimum Gasteiger partial charge on any atom is -0.460 e. The van der Waals surface area contributed by atoms with Crippen LogP contribution in [0.25, 0.3) is 0 Å². The monoisotopic (exact) mass is 344 g/mol. The minimum atomic E-state index is -0.720. The minimum absolute atomic E-state index is 0.157. The van der Waals surface area contributed by atoms with Crippen molar-refractivity contribution in [3.05, 3.63) is 69.7 Å². The van der Waals surface area contributed by atoms with Crippen molar-refractivity contribution in [2.24, 2.45) is 5.92 Å². The number of rotatable bonds is 3. The lowest BCUT2D eigenvalue weighted by molar-refractivity contribution is -0.147. The van der Waals surface area contributed by atoms with Crippen LogP contribution in [0.15, 0.2) is 53.0 Å². The molecule has 0 N–H and O–H groups in total. The zero-order valence-electron chi connectivity index (χ0n) is 11.2. The molecule has 2 aromatic rings. The molecule has 2 aromatic carbocycles. The van der Waals surface area contributed by atoms with Crippen LogP contribution in [-0.4, -0.2) is 11.8 Å². The van der Waals surface area contributed by atoms with Crippen LogP contribution in [-0.2, 0) is 22.6 Å². The van der Waals surface area contributed by atoms with Crippen LogP contribution >= 0.6 is 15.9 Å². The summed E-state index contributed by atoms with van der Waals surface area (Å²) in [7, 11) is 0. The Balaban J connectivity index is 1.70. The van der Waals surface area contributed by atoms with Gasteiger partial charge in [0.15, 0.2) is 5.78 Å². The Morgan fingerprint density at radius 1 is 1.14 bits per heavy atom. The number of benzene rings is 2. The Kier molecular flexibility index (Phi) is 3.88. The van der Waals surface area contributed by atoms with Crippen molar-refractivity contribution in [1.82, 2.24) is 0 Å². The summed E-state index contributed by atoms with van der Waals surface area (Å²) in [5, 5.41) is 0. The van der Waals surface area contributed by atoms with E-state index in [9.17, 15) is 9.59 Å². The molecule has 1 atom stereocenters. The quantitative estimate of drug-likeness (QED) is 0.631. The lowest BCUT2D eigenvalue weighted by atomic mass is 10.1. The van der Waals surface area contributed by atoms with Gasteiger partial charge in [-0.05, 0) is 23.6 Å². The third-order valence-electron chi connectivity index (χ3n) is 3.60. The van der Waals surface area contributed by atoms with Gasteiger partial charge in [0.1, 0.15) is 12.5 Å². The van der Waals surface area contributed by atoms with Gasteiger partial charge >= 0.3 is 5.97 Å². The zero-order valence-corrected chi connectivity index (χ0v) is 12.8. The molecule has 0 radical (unpaired) electrons.